The van der Waals surface area contributed by atoms with E-state index in [1.807, 2.05) is 30.3 Å². The number of nitrogens with zero attached hydrogens (tertiary/aromatic N) is 1. The van der Waals surface area contributed by atoms with Crippen LogP contribution < -0.4 is 5.46 Å². The molecule has 0 atom stereocenters. The smallest absolute Gasteiger partial charge is 0.400 e. The summed E-state index contributed by atoms with van der Waals surface area (Å²) in [5, 5.41) is 10.8. The van der Waals surface area contributed by atoms with Crippen molar-refractivity contribution >= 4 is 12.6 Å². The molecule has 0 aliphatic carbocycles. The van der Waals surface area contributed by atoms with Gasteiger partial charge in [0.25, 0.3) is 5.54 Å². The molecule has 1 heterocycles. The molecule has 5 nitrogen and oxygen atoms in total. The second-order valence-corrected chi connectivity index (χ2v) is 4.12. The lowest BCUT2D eigenvalue weighted by Crippen LogP contribution is -2.55. The van der Waals surface area contributed by atoms with Crippen molar-refractivity contribution in [2.75, 3.05) is 13.2 Å². The van der Waals surface area contributed by atoms with Crippen LogP contribution in [0.4, 0.5) is 0 Å². The highest BCUT2D eigenvalue weighted by Gasteiger charge is 2.45. The third-order valence-corrected chi connectivity index (χ3v) is 2.60. The van der Waals surface area contributed by atoms with Crippen molar-refractivity contribution in [1.29, 1.82) is 0 Å². The summed E-state index contributed by atoms with van der Waals surface area (Å²) in [4.78, 5) is 10.4. The van der Waals surface area contributed by atoms with Gasteiger partial charge < -0.3 is 9.31 Å². The molecule has 0 radical (unpaired) electrons. The van der Waals surface area contributed by atoms with Crippen LogP contribution in [0, 0.1) is 10.1 Å². The first-order valence-corrected chi connectivity index (χ1v) is 5.04. The van der Waals surface area contributed by atoms with Gasteiger partial charge in [0.2, 0.25) is 0 Å². The molecular weight excluding hydrogens is 209 g/mol. The van der Waals surface area contributed by atoms with Crippen LogP contribution in [-0.2, 0) is 9.31 Å². The van der Waals surface area contributed by atoms with Gasteiger partial charge in [-0.25, -0.2) is 0 Å². The molecule has 1 fully saturated rings. The Morgan fingerprint density at radius 3 is 2.38 bits per heavy atom. The van der Waals surface area contributed by atoms with Crippen LogP contribution in [-0.4, -0.2) is 30.8 Å². The summed E-state index contributed by atoms with van der Waals surface area (Å²) in [7, 11) is -0.491. The summed E-state index contributed by atoms with van der Waals surface area (Å²) in [5.74, 6) is 0. The van der Waals surface area contributed by atoms with Crippen molar-refractivity contribution in [3.8, 4) is 0 Å². The lowest BCUT2D eigenvalue weighted by atomic mass is 9.77. The first kappa shape index (κ1) is 11.1. The Morgan fingerprint density at radius 1 is 1.31 bits per heavy atom. The van der Waals surface area contributed by atoms with E-state index in [1.165, 1.54) is 6.92 Å². The highest BCUT2D eigenvalue weighted by atomic mass is 16.7. The highest BCUT2D eigenvalue weighted by molar-refractivity contribution is 6.61. The first-order valence-electron chi connectivity index (χ1n) is 5.04. The van der Waals surface area contributed by atoms with Crippen LogP contribution in [0.5, 0.6) is 0 Å². The van der Waals surface area contributed by atoms with Gasteiger partial charge in [-0.05, 0) is 5.46 Å². The van der Waals surface area contributed by atoms with Gasteiger partial charge in [-0.1, -0.05) is 30.3 Å². The van der Waals surface area contributed by atoms with Crippen LogP contribution in [0.25, 0.3) is 0 Å². The standard InChI is InChI=1S/C10H12BNO4/c1-10(12(13)14)7-15-11(16-8-10)9-5-3-2-4-6-9/h2-6H,7-8H2,1H3. The molecule has 0 saturated carbocycles. The van der Waals surface area contributed by atoms with E-state index in [4.69, 9.17) is 9.31 Å². The number of rotatable bonds is 2. The van der Waals surface area contributed by atoms with Crippen molar-refractivity contribution in [3.63, 3.8) is 0 Å². The van der Waals surface area contributed by atoms with Crippen LogP contribution in [0.15, 0.2) is 30.3 Å². The molecule has 84 valence electrons. The van der Waals surface area contributed by atoms with E-state index in [9.17, 15) is 10.1 Å². The van der Waals surface area contributed by atoms with Crippen molar-refractivity contribution in [2.45, 2.75) is 12.5 Å². The molecule has 1 aromatic rings. The Balaban J connectivity index is 2.03. The molecule has 6 heteroatoms. The van der Waals surface area contributed by atoms with E-state index in [-0.39, 0.29) is 18.1 Å². The number of hydrogen-bond acceptors (Lipinski definition) is 4. The first-order chi connectivity index (χ1) is 7.62. The number of benzene rings is 1. The maximum absolute atomic E-state index is 10.8. The minimum Gasteiger partial charge on any atom is -0.400 e. The van der Waals surface area contributed by atoms with Gasteiger partial charge in [0.1, 0.15) is 13.2 Å². The second kappa shape index (κ2) is 4.23. The molecular formula is C10H12BNO4. The molecule has 16 heavy (non-hydrogen) atoms. The Labute approximate surface area is 93.7 Å². The van der Waals surface area contributed by atoms with Gasteiger partial charge in [-0.2, -0.15) is 0 Å². The quantitative estimate of drug-likeness (QED) is 0.413. The zero-order valence-electron chi connectivity index (χ0n) is 8.96. The topological polar surface area (TPSA) is 61.6 Å². The molecule has 2 rings (SSSR count). The molecule has 0 bridgehead atoms. The predicted octanol–water partition coefficient (Wildman–Crippen LogP) is 0.464. The fraction of sp³-hybridized carbons (Fsp3) is 0.400. The summed E-state index contributed by atoms with van der Waals surface area (Å²) >= 11 is 0. The maximum Gasteiger partial charge on any atom is 0.494 e. The molecule has 1 aliphatic heterocycles. The van der Waals surface area contributed by atoms with Gasteiger partial charge in [-0.15, -0.1) is 0 Å². The molecule has 0 N–H and O–H groups in total. The van der Waals surface area contributed by atoms with Gasteiger partial charge >= 0.3 is 7.12 Å². The van der Waals surface area contributed by atoms with Crippen molar-refractivity contribution in [2.24, 2.45) is 0 Å². The van der Waals surface area contributed by atoms with Gasteiger partial charge in [0.05, 0.1) is 0 Å². The minimum atomic E-state index is -1.13. The Bertz CT molecular complexity index is 376. The lowest BCUT2D eigenvalue weighted by Gasteiger charge is -2.29. The van der Waals surface area contributed by atoms with Gasteiger partial charge in [0, 0.05) is 11.8 Å². The summed E-state index contributed by atoms with van der Waals surface area (Å²) in [6, 6.07) is 9.40. The van der Waals surface area contributed by atoms with E-state index in [1.54, 1.807) is 0 Å². The van der Waals surface area contributed by atoms with Crippen LogP contribution >= 0.6 is 0 Å². The average Bonchev–Trinajstić information content (AvgIpc) is 2.31. The summed E-state index contributed by atoms with van der Waals surface area (Å²) in [6.07, 6.45) is 0. The van der Waals surface area contributed by atoms with E-state index in [0.29, 0.717) is 0 Å². The van der Waals surface area contributed by atoms with Gasteiger partial charge in [0.15, 0.2) is 0 Å². The molecule has 1 saturated heterocycles. The Morgan fingerprint density at radius 2 is 1.88 bits per heavy atom. The number of nitro groups is 1. The predicted molar refractivity (Wildman–Crippen MR) is 59.1 cm³/mol. The Kier molecular flexibility index (Phi) is 2.94. The van der Waals surface area contributed by atoms with Crippen LogP contribution in [0.2, 0.25) is 0 Å². The molecule has 0 unspecified atom stereocenters. The monoisotopic (exact) mass is 221 g/mol. The van der Waals surface area contributed by atoms with E-state index in [0.717, 1.165) is 5.46 Å². The largest absolute Gasteiger partial charge is 0.494 e. The van der Waals surface area contributed by atoms with Crippen LogP contribution in [0.1, 0.15) is 6.92 Å². The van der Waals surface area contributed by atoms with Crippen molar-refractivity contribution in [1.82, 2.24) is 0 Å². The molecule has 0 aromatic heterocycles. The lowest BCUT2D eigenvalue weighted by molar-refractivity contribution is -0.573. The summed E-state index contributed by atoms with van der Waals surface area (Å²) in [5.41, 5.74) is -0.251. The third-order valence-electron chi connectivity index (χ3n) is 2.60. The average molecular weight is 221 g/mol. The second-order valence-electron chi connectivity index (χ2n) is 4.12. The fourth-order valence-electron chi connectivity index (χ4n) is 1.51. The maximum atomic E-state index is 10.8. The van der Waals surface area contributed by atoms with E-state index in [2.05, 4.69) is 0 Å². The Hall–Kier alpha value is -1.40. The number of hydrogen-bond donors (Lipinski definition) is 0. The van der Waals surface area contributed by atoms with Crippen LogP contribution in [0.3, 0.4) is 0 Å². The zero-order valence-corrected chi connectivity index (χ0v) is 8.96. The minimum absolute atomic E-state index is 0.0690. The van der Waals surface area contributed by atoms with E-state index < -0.39 is 12.7 Å². The zero-order chi connectivity index (χ0) is 11.6. The summed E-state index contributed by atoms with van der Waals surface area (Å²) < 4.78 is 10.8. The molecule has 0 spiro atoms. The highest BCUT2D eigenvalue weighted by Crippen LogP contribution is 2.16. The van der Waals surface area contributed by atoms with Crippen molar-refractivity contribution < 1.29 is 14.2 Å². The molecule has 1 aromatic carbocycles. The summed E-state index contributed by atoms with van der Waals surface area (Å²) in [6.45, 7) is 1.66. The fourth-order valence-corrected chi connectivity index (χ4v) is 1.51. The van der Waals surface area contributed by atoms with E-state index >= 15 is 0 Å². The third kappa shape index (κ3) is 2.07. The molecule has 0 amide bonds. The molecule has 1 aliphatic rings. The van der Waals surface area contributed by atoms with Crippen molar-refractivity contribution in [3.05, 3.63) is 40.4 Å². The SMILES string of the molecule is CC1([N+](=O)[O-])COB(c2ccccc2)OC1. The van der Waals surface area contributed by atoms with Gasteiger partial charge in [-0.3, -0.25) is 10.1 Å². The normalized spacial score (nSPS) is 19.4.